The van der Waals surface area contributed by atoms with Gasteiger partial charge in [0.1, 0.15) is 23.1 Å². The van der Waals surface area contributed by atoms with Gasteiger partial charge in [0.15, 0.2) is 0 Å². The molecule has 0 spiro atoms. The fraction of sp³-hybridized carbons (Fsp3) is 0.650. The lowest BCUT2D eigenvalue weighted by molar-refractivity contribution is -0.137. The molecule has 0 bridgehead atoms. The van der Waals surface area contributed by atoms with Crippen LogP contribution in [0.25, 0.3) is 11.4 Å². The Bertz CT molecular complexity index is 1140. The normalized spacial score (nSPS) is 22.7. The van der Waals surface area contributed by atoms with E-state index in [2.05, 4.69) is 20.3 Å². The van der Waals surface area contributed by atoms with Crippen LogP contribution in [0.5, 0.6) is 0 Å². The molecule has 1 saturated carbocycles. The van der Waals surface area contributed by atoms with E-state index in [0.717, 1.165) is 4.31 Å². The summed E-state index contributed by atoms with van der Waals surface area (Å²) in [5.74, 6) is -0.216. The van der Waals surface area contributed by atoms with E-state index in [1.165, 1.54) is 17.1 Å². The van der Waals surface area contributed by atoms with Crippen LogP contribution in [0.1, 0.15) is 38.7 Å². The van der Waals surface area contributed by atoms with Gasteiger partial charge >= 0.3 is 6.18 Å². The van der Waals surface area contributed by atoms with Crippen molar-refractivity contribution < 1.29 is 31.1 Å². The SMILES string of the molecule is CC(C)(O)Cn1cnc(-c2nc(NC3CCN(S(=O)(=O)C4CC4)CC3F)ncc2C(F)(F)F)c1. The van der Waals surface area contributed by atoms with Crippen LogP contribution >= 0.6 is 0 Å². The molecule has 1 aliphatic carbocycles. The van der Waals surface area contributed by atoms with Crippen LogP contribution in [0, 0.1) is 0 Å². The number of sulfonamides is 1. The standard InChI is InChI=1S/C20H26F4N6O3S/c1-19(2,31)10-29-9-16(26-11-29)17-13(20(22,23)24)7-25-18(28-17)27-15-5-6-30(8-14(15)21)34(32,33)12-3-4-12/h7,9,11-12,14-15,31H,3-6,8,10H2,1-2H3,(H,25,27,28). The molecule has 188 valence electrons. The Labute approximate surface area is 194 Å². The second-order valence-electron chi connectivity index (χ2n) is 9.36. The molecule has 2 aromatic heterocycles. The van der Waals surface area contributed by atoms with E-state index >= 15 is 0 Å². The number of alkyl halides is 4. The first-order chi connectivity index (χ1) is 15.7. The maximum atomic E-state index is 14.8. The smallest absolute Gasteiger partial charge is 0.389 e. The molecule has 2 atom stereocenters. The molecule has 2 N–H and O–H groups in total. The van der Waals surface area contributed by atoms with Gasteiger partial charge in [0.2, 0.25) is 16.0 Å². The zero-order valence-corrected chi connectivity index (χ0v) is 19.4. The van der Waals surface area contributed by atoms with Crippen molar-refractivity contribution >= 4 is 16.0 Å². The van der Waals surface area contributed by atoms with Crippen molar-refractivity contribution in [3.05, 3.63) is 24.3 Å². The summed E-state index contributed by atoms with van der Waals surface area (Å²) in [6.07, 6.45) is -1.83. The summed E-state index contributed by atoms with van der Waals surface area (Å²) < 4.78 is 82.9. The van der Waals surface area contributed by atoms with Gasteiger partial charge in [0, 0.05) is 25.5 Å². The Kier molecular flexibility index (Phi) is 6.36. The second kappa shape index (κ2) is 8.72. The largest absolute Gasteiger partial charge is 0.420 e. The molecular weight excluding hydrogens is 480 g/mol. The number of piperidine rings is 1. The van der Waals surface area contributed by atoms with E-state index in [9.17, 15) is 31.1 Å². The minimum atomic E-state index is -4.75. The number of aliphatic hydroxyl groups is 1. The zero-order valence-electron chi connectivity index (χ0n) is 18.6. The molecule has 2 fully saturated rings. The third-order valence-corrected chi connectivity index (χ3v) is 8.03. The highest BCUT2D eigenvalue weighted by Gasteiger charge is 2.44. The Morgan fingerprint density at radius 2 is 1.91 bits per heavy atom. The highest BCUT2D eigenvalue weighted by atomic mass is 32.2. The van der Waals surface area contributed by atoms with Crippen LogP contribution in [-0.4, -0.2) is 73.5 Å². The van der Waals surface area contributed by atoms with Crippen molar-refractivity contribution in [3.63, 3.8) is 0 Å². The quantitative estimate of drug-likeness (QED) is 0.555. The highest BCUT2D eigenvalue weighted by Crippen LogP contribution is 2.36. The molecule has 9 nitrogen and oxygen atoms in total. The maximum absolute atomic E-state index is 14.8. The first-order valence-electron chi connectivity index (χ1n) is 10.8. The molecule has 2 unspecified atom stereocenters. The van der Waals surface area contributed by atoms with Crippen molar-refractivity contribution in [2.75, 3.05) is 18.4 Å². The van der Waals surface area contributed by atoms with E-state index in [4.69, 9.17) is 0 Å². The summed E-state index contributed by atoms with van der Waals surface area (Å²) in [5.41, 5.74) is -2.78. The Hall–Kier alpha value is -2.32. The van der Waals surface area contributed by atoms with Crippen molar-refractivity contribution in [2.45, 2.75) is 68.9 Å². The number of imidazole rings is 1. The topological polar surface area (TPSA) is 113 Å². The lowest BCUT2D eigenvalue weighted by atomic mass is 10.1. The molecule has 1 aliphatic heterocycles. The summed E-state index contributed by atoms with van der Waals surface area (Å²) in [4.78, 5) is 11.7. The summed E-state index contributed by atoms with van der Waals surface area (Å²) in [5, 5.41) is 12.2. The van der Waals surface area contributed by atoms with E-state index in [1.54, 1.807) is 13.8 Å². The van der Waals surface area contributed by atoms with Crippen LogP contribution in [0.15, 0.2) is 18.7 Å². The van der Waals surface area contributed by atoms with E-state index in [-0.39, 0.29) is 37.7 Å². The molecule has 3 heterocycles. The number of hydrogen-bond acceptors (Lipinski definition) is 7. The average Bonchev–Trinajstić information content (AvgIpc) is 3.48. The third-order valence-electron chi connectivity index (χ3n) is 5.66. The van der Waals surface area contributed by atoms with Crippen molar-refractivity contribution in [3.8, 4) is 11.4 Å². The van der Waals surface area contributed by atoms with E-state index in [0.29, 0.717) is 19.0 Å². The van der Waals surface area contributed by atoms with E-state index < -0.39 is 50.5 Å². The van der Waals surface area contributed by atoms with Gasteiger partial charge in [0.25, 0.3) is 0 Å². The third kappa shape index (κ3) is 5.49. The Morgan fingerprint density at radius 3 is 2.50 bits per heavy atom. The van der Waals surface area contributed by atoms with Crippen molar-refractivity contribution in [2.24, 2.45) is 0 Å². The fourth-order valence-electron chi connectivity index (χ4n) is 3.88. The second-order valence-corrected chi connectivity index (χ2v) is 11.6. The van der Waals surface area contributed by atoms with E-state index in [1.807, 2.05) is 0 Å². The number of anilines is 1. The summed E-state index contributed by atoms with van der Waals surface area (Å²) >= 11 is 0. The zero-order chi connectivity index (χ0) is 24.9. The number of nitrogens with one attached hydrogen (secondary N) is 1. The van der Waals surface area contributed by atoms with Crippen LogP contribution in [0.2, 0.25) is 0 Å². The molecule has 0 aromatic carbocycles. The van der Waals surface area contributed by atoms with Crippen LogP contribution < -0.4 is 5.32 Å². The molecule has 1 saturated heterocycles. The first-order valence-corrected chi connectivity index (χ1v) is 12.3. The highest BCUT2D eigenvalue weighted by molar-refractivity contribution is 7.90. The maximum Gasteiger partial charge on any atom is 0.420 e. The molecule has 0 amide bonds. The molecular formula is C20H26F4N6O3S. The molecule has 0 radical (unpaired) electrons. The molecule has 34 heavy (non-hydrogen) atoms. The minimum Gasteiger partial charge on any atom is -0.389 e. The van der Waals surface area contributed by atoms with Gasteiger partial charge in [-0.05, 0) is 33.1 Å². The predicted molar refractivity (Wildman–Crippen MR) is 115 cm³/mol. The number of halogens is 4. The number of aromatic nitrogens is 4. The summed E-state index contributed by atoms with van der Waals surface area (Å²) in [6, 6.07) is -0.858. The number of nitrogens with zero attached hydrogens (tertiary/aromatic N) is 5. The van der Waals surface area contributed by atoms with Gasteiger partial charge in [0.05, 0.1) is 29.8 Å². The lowest BCUT2D eigenvalue weighted by Gasteiger charge is -2.34. The summed E-state index contributed by atoms with van der Waals surface area (Å²) in [6.45, 7) is 2.98. The van der Waals surface area contributed by atoms with Gasteiger partial charge in [-0.1, -0.05) is 0 Å². The van der Waals surface area contributed by atoms with Gasteiger partial charge in [-0.2, -0.15) is 17.5 Å². The minimum absolute atomic E-state index is 0.0795. The Balaban J connectivity index is 1.54. The molecule has 14 heteroatoms. The predicted octanol–water partition coefficient (Wildman–Crippen LogP) is 2.45. The van der Waals surface area contributed by atoms with Gasteiger partial charge in [-0.3, -0.25) is 0 Å². The van der Waals surface area contributed by atoms with Crippen LogP contribution in [0.3, 0.4) is 0 Å². The van der Waals surface area contributed by atoms with Crippen LogP contribution in [-0.2, 0) is 22.7 Å². The van der Waals surface area contributed by atoms with Crippen molar-refractivity contribution in [1.82, 2.24) is 23.8 Å². The van der Waals surface area contributed by atoms with Gasteiger partial charge in [-0.15, -0.1) is 0 Å². The molecule has 2 aromatic rings. The first kappa shape index (κ1) is 24.8. The lowest BCUT2D eigenvalue weighted by Crippen LogP contribution is -2.50. The van der Waals surface area contributed by atoms with Gasteiger partial charge in [-0.25, -0.2) is 27.8 Å². The fourth-order valence-corrected chi connectivity index (χ4v) is 5.75. The molecule has 4 rings (SSSR count). The number of hydrogen-bond donors (Lipinski definition) is 2. The van der Waals surface area contributed by atoms with Crippen LogP contribution in [0.4, 0.5) is 23.5 Å². The Morgan fingerprint density at radius 1 is 1.21 bits per heavy atom. The monoisotopic (exact) mass is 506 g/mol. The van der Waals surface area contributed by atoms with Gasteiger partial charge < -0.3 is 15.0 Å². The number of rotatable bonds is 7. The van der Waals surface area contributed by atoms with Crippen molar-refractivity contribution in [1.29, 1.82) is 0 Å². The summed E-state index contributed by atoms with van der Waals surface area (Å²) in [7, 11) is -3.51. The average molecular weight is 507 g/mol. The molecule has 2 aliphatic rings.